The van der Waals surface area contributed by atoms with Crippen LogP contribution in [-0.2, 0) is 30.5 Å². The van der Waals surface area contributed by atoms with Gasteiger partial charge in [-0.3, -0.25) is 0 Å². The van der Waals surface area contributed by atoms with Gasteiger partial charge in [-0.15, -0.1) is 5.10 Å². The van der Waals surface area contributed by atoms with Crippen LogP contribution in [0.4, 0.5) is 13.2 Å². The number of phenols is 1. The zero-order valence-corrected chi connectivity index (χ0v) is 16.5. The minimum Gasteiger partial charge on any atom is -0.507 e. The summed E-state index contributed by atoms with van der Waals surface area (Å²) in [5.74, 6) is 0.0576. The fraction of sp³-hybridized carbons (Fsp3) is 0.524. The first kappa shape index (κ1) is 20.1. The molecule has 1 aromatic carbocycles. The Morgan fingerprint density at radius 3 is 2.66 bits per heavy atom. The van der Waals surface area contributed by atoms with Crippen molar-refractivity contribution in [1.29, 1.82) is 0 Å². The molecule has 156 valence electrons. The molecule has 0 spiro atoms. The molecule has 0 aliphatic carbocycles. The van der Waals surface area contributed by atoms with Crippen LogP contribution in [0.1, 0.15) is 40.8 Å². The van der Waals surface area contributed by atoms with Crippen molar-refractivity contribution in [1.82, 2.24) is 15.1 Å². The lowest BCUT2D eigenvalue weighted by molar-refractivity contribution is -0.137. The summed E-state index contributed by atoms with van der Waals surface area (Å²) in [5.41, 5.74) is 2.80. The number of alkyl halides is 3. The number of likely N-dealkylation sites (tertiary alicyclic amines) is 1. The molecule has 8 heteroatoms. The molecule has 0 amide bonds. The minimum atomic E-state index is -4.52. The number of aryl methyl sites for hydroxylation is 1. The van der Waals surface area contributed by atoms with E-state index < -0.39 is 17.5 Å². The molecule has 1 saturated heterocycles. The second-order valence-electron chi connectivity index (χ2n) is 8.10. The molecule has 1 fully saturated rings. The van der Waals surface area contributed by atoms with Gasteiger partial charge < -0.3 is 14.7 Å². The predicted molar refractivity (Wildman–Crippen MR) is 101 cm³/mol. The number of phenolic OH excluding ortho intramolecular Hbond substituents is 1. The summed E-state index contributed by atoms with van der Waals surface area (Å²) in [6.07, 6.45) is -1.41. The third-order valence-corrected chi connectivity index (χ3v) is 5.84. The largest absolute Gasteiger partial charge is 0.507 e. The van der Waals surface area contributed by atoms with Gasteiger partial charge in [-0.1, -0.05) is 0 Å². The van der Waals surface area contributed by atoms with E-state index in [1.165, 1.54) is 0 Å². The zero-order valence-electron chi connectivity index (χ0n) is 16.5. The van der Waals surface area contributed by atoms with E-state index in [2.05, 4.69) is 22.1 Å². The van der Waals surface area contributed by atoms with Crippen molar-refractivity contribution >= 4 is 0 Å². The average Bonchev–Trinajstić information content (AvgIpc) is 3.12. The molecule has 2 aliphatic heterocycles. The van der Waals surface area contributed by atoms with Crippen molar-refractivity contribution in [3.05, 3.63) is 40.1 Å². The van der Waals surface area contributed by atoms with Crippen LogP contribution in [0.15, 0.2) is 12.1 Å². The maximum absolute atomic E-state index is 13.0. The van der Waals surface area contributed by atoms with Crippen LogP contribution >= 0.6 is 0 Å². The molecule has 4 rings (SSSR count). The number of rotatable bonds is 3. The lowest BCUT2D eigenvalue weighted by Gasteiger charge is -2.29. The summed E-state index contributed by atoms with van der Waals surface area (Å²) in [6, 6.07) is 1.78. The molecular formula is C21H24F3N3O2. The Balaban J connectivity index is 1.71. The number of fused-ring (bicyclic) bond motifs is 1. The fourth-order valence-corrected chi connectivity index (χ4v) is 4.45. The smallest absolute Gasteiger partial charge is 0.416 e. The lowest BCUT2D eigenvalue weighted by atomic mass is 9.90. The van der Waals surface area contributed by atoms with Crippen LogP contribution in [0.2, 0.25) is 0 Å². The summed E-state index contributed by atoms with van der Waals surface area (Å²) in [7, 11) is 2.12. The third-order valence-electron chi connectivity index (χ3n) is 5.84. The molecule has 2 aliphatic rings. The van der Waals surface area contributed by atoms with E-state index in [1.54, 1.807) is 6.92 Å². The van der Waals surface area contributed by atoms with Crippen molar-refractivity contribution in [2.45, 2.75) is 45.6 Å². The van der Waals surface area contributed by atoms with E-state index >= 15 is 0 Å². The number of aromatic nitrogens is 2. The second kappa shape index (κ2) is 7.57. The van der Waals surface area contributed by atoms with E-state index in [1.807, 2.05) is 0 Å². The molecule has 0 bridgehead atoms. The molecule has 0 unspecified atom stereocenters. The van der Waals surface area contributed by atoms with E-state index in [0.717, 1.165) is 61.3 Å². The molecule has 0 radical (unpaired) electrons. The van der Waals surface area contributed by atoms with Crippen LogP contribution in [0.25, 0.3) is 11.3 Å². The van der Waals surface area contributed by atoms with Crippen LogP contribution in [0.3, 0.4) is 0 Å². The summed E-state index contributed by atoms with van der Waals surface area (Å²) in [5, 5.41) is 19.1. The molecule has 29 heavy (non-hydrogen) atoms. The normalized spacial score (nSPS) is 20.1. The van der Waals surface area contributed by atoms with Gasteiger partial charge in [0.2, 0.25) is 0 Å². The first-order valence-electron chi connectivity index (χ1n) is 9.78. The molecule has 1 aromatic heterocycles. The number of nitrogens with zero attached hydrogens (tertiary/aromatic N) is 3. The summed E-state index contributed by atoms with van der Waals surface area (Å²) < 4.78 is 44.8. The topological polar surface area (TPSA) is 58.5 Å². The molecule has 5 nitrogen and oxygen atoms in total. The van der Waals surface area contributed by atoms with Gasteiger partial charge in [0.1, 0.15) is 11.4 Å². The Morgan fingerprint density at radius 2 is 1.97 bits per heavy atom. The maximum Gasteiger partial charge on any atom is 0.416 e. The average molecular weight is 407 g/mol. The Bertz CT molecular complexity index is 907. The Kier molecular flexibility index (Phi) is 5.25. The van der Waals surface area contributed by atoms with Crippen molar-refractivity contribution in [2.75, 3.05) is 20.1 Å². The second-order valence-corrected chi connectivity index (χ2v) is 8.10. The van der Waals surface area contributed by atoms with Gasteiger partial charge in [0.25, 0.3) is 0 Å². The summed E-state index contributed by atoms with van der Waals surface area (Å²) in [4.78, 5) is 2.32. The number of piperidine rings is 1. The number of benzene rings is 1. The fourth-order valence-electron chi connectivity index (χ4n) is 4.45. The first-order valence-corrected chi connectivity index (χ1v) is 9.78. The van der Waals surface area contributed by atoms with Crippen LogP contribution in [0.5, 0.6) is 5.75 Å². The monoisotopic (exact) mass is 407 g/mol. The van der Waals surface area contributed by atoms with Gasteiger partial charge in [-0.05, 0) is 63.4 Å². The molecule has 1 atom stereocenters. The molecule has 3 heterocycles. The highest BCUT2D eigenvalue weighted by molar-refractivity contribution is 5.74. The maximum atomic E-state index is 13.0. The summed E-state index contributed by atoms with van der Waals surface area (Å²) >= 11 is 0. The highest BCUT2D eigenvalue weighted by Gasteiger charge is 2.33. The highest BCUT2D eigenvalue weighted by Crippen LogP contribution is 2.41. The lowest BCUT2D eigenvalue weighted by Crippen LogP contribution is -2.33. The zero-order chi connectivity index (χ0) is 20.8. The van der Waals surface area contributed by atoms with Gasteiger partial charge in [-0.25, -0.2) is 0 Å². The quantitative estimate of drug-likeness (QED) is 0.831. The SMILES string of the molecule is Cc1cc(C(F)(F)F)cc(O)c1-c1nnc(C[C@@H]2CCCN(C)C2)c2c1COC2. The van der Waals surface area contributed by atoms with Crippen LogP contribution < -0.4 is 0 Å². The van der Waals surface area contributed by atoms with Gasteiger partial charge in [0.15, 0.2) is 0 Å². The first-order chi connectivity index (χ1) is 13.7. The van der Waals surface area contributed by atoms with Gasteiger partial charge in [0.05, 0.1) is 24.5 Å². The van der Waals surface area contributed by atoms with Crippen molar-refractivity contribution in [2.24, 2.45) is 5.92 Å². The third kappa shape index (κ3) is 3.96. The predicted octanol–water partition coefficient (Wildman–Crippen LogP) is 4.09. The number of hydrogen-bond acceptors (Lipinski definition) is 5. The van der Waals surface area contributed by atoms with E-state index in [4.69, 9.17) is 4.74 Å². The Hall–Kier alpha value is -2.19. The molecule has 0 saturated carbocycles. The highest BCUT2D eigenvalue weighted by atomic mass is 19.4. The number of hydrogen-bond donors (Lipinski definition) is 1. The van der Waals surface area contributed by atoms with Crippen molar-refractivity contribution < 1.29 is 23.0 Å². The van der Waals surface area contributed by atoms with E-state index in [-0.39, 0.29) is 5.56 Å². The van der Waals surface area contributed by atoms with Gasteiger partial charge >= 0.3 is 6.18 Å². The Morgan fingerprint density at radius 1 is 1.21 bits per heavy atom. The number of halogens is 3. The van der Waals surface area contributed by atoms with Crippen LogP contribution in [-0.4, -0.2) is 40.3 Å². The van der Waals surface area contributed by atoms with E-state index in [9.17, 15) is 18.3 Å². The van der Waals surface area contributed by atoms with Gasteiger partial charge in [-0.2, -0.15) is 18.3 Å². The van der Waals surface area contributed by atoms with Crippen molar-refractivity contribution in [3.8, 4) is 17.0 Å². The minimum absolute atomic E-state index is 0.288. The van der Waals surface area contributed by atoms with E-state index in [0.29, 0.717) is 30.4 Å². The molecule has 1 N–H and O–H groups in total. The van der Waals surface area contributed by atoms with Gasteiger partial charge in [0, 0.05) is 23.2 Å². The number of aromatic hydroxyl groups is 1. The standard InChI is InChI=1S/C21H24F3N3O2/c1-12-6-14(21(22,23)24)8-18(28)19(12)20-16-11-29-10-15(16)17(25-26-20)7-13-4-3-5-27(2)9-13/h6,8,13,28H,3-5,7,9-11H2,1-2H3/t13-/m0/s1. The molecular weight excluding hydrogens is 383 g/mol. The van der Waals surface area contributed by atoms with Crippen molar-refractivity contribution in [3.63, 3.8) is 0 Å². The summed E-state index contributed by atoms with van der Waals surface area (Å²) in [6.45, 7) is 4.39. The number of ether oxygens (including phenoxy) is 1. The van der Waals surface area contributed by atoms with Crippen LogP contribution in [0, 0.1) is 12.8 Å². The Labute approximate surface area is 167 Å². The molecule has 2 aromatic rings.